The van der Waals surface area contributed by atoms with Crippen LogP contribution in [0.15, 0.2) is 122 Å². The van der Waals surface area contributed by atoms with Crippen molar-refractivity contribution >= 4 is 39.5 Å². The van der Waals surface area contributed by atoms with E-state index in [4.69, 9.17) is 37.0 Å². The third-order valence-corrected chi connectivity index (χ3v) is 17.8. The van der Waals surface area contributed by atoms with Crippen LogP contribution in [0.3, 0.4) is 0 Å². The average molecular weight is 1450 g/mol. The Bertz CT molecular complexity index is 2370. The molecule has 3 N–H and O–H groups in total. The minimum atomic E-state index is -4.98. The molecule has 0 rings (SSSR count). The SMILES string of the molecule is CC/C=C\C/C=C\C/C=C\C/C=C\C/C=C\CCCCCC(=O)OCC(COP(=O)(O)OCC(O)COP(=O)(O)OCC(COC(=O)CCCCCCCCC/C=C\C/C=C\C/C=C\CC)OC(=O)CCCCCCC/C=C\CCCCCC)OC(=O)CCCCCCC/C=C\CCCC. The molecule has 17 nitrogen and oxygen atoms in total. The number of carbonyl (C=O) groups excluding carboxylic acids is 4. The van der Waals surface area contributed by atoms with E-state index in [1.807, 2.05) is 0 Å². The van der Waals surface area contributed by atoms with Crippen molar-refractivity contribution in [1.29, 1.82) is 0 Å². The number of esters is 4. The molecule has 0 saturated heterocycles. The van der Waals surface area contributed by atoms with E-state index in [1.54, 1.807) is 0 Å². The summed E-state index contributed by atoms with van der Waals surface area (Å²) in [6.45, 7) is 4.53. The normalized spacial score (nSPS) is 14.6. The van der Waals surface area contributed by atoms with Crippen molar-refractivity contribution in [3.63, 3.8) is 0 Å². The first-order valence-corrected chi connectivity index (χ1v) is 41.8. The lowest BCUT2D eigenvalue weighted by atomic mass is 10.1. The predicted octanol–water partition coefficient (Wildman–Crippen LogP) is 22.3. The second-order valence-corrected chi connectivity index (χ2v) is 28.4. The van der Waals surface area contributed by atoms with Crippen LogP contribution in [0.25, 0.3) is 0 Å². The second kappa shape index (κ2) is 72.8. The van der Waals surface area contributed by atoms with Gasteiger partial charge in [0.05, 0.1) is 26.4 Å². The van der Waals surface area contributed by atoms with Crippen LogP contribution >= 0.6 is 15.6 Å². The van der Waals surface area contributed by atoms with Gasteiger partial charge in [-0.1, -0.05) is 258 Å². The number of aliphatic hydroxyl groups is 1. The van der Waals surface area contributed by atoms with E-state index in [1.165, 1.54) is 38.5 Å². The first-order chi connectivity index (χ1) is 48.7. The van der Waals surface area contributed by atoms with Gasteiger partial charge in [-0.25, -0.2) is 9.13 Å². The summed E-state index contributed by atoms with van der Waals surface area (Å²) in [5, 5.41) is 10.6. The van der Waals surface area contributed by atoms with E-state index in [0.717, 1.165) is 193 Å². The summed E-state index contributed by atoms with van der Waals surface area (Å²) in [5.41, 5.74) is 0. The zero-order chi connectivity index (χ0) is 73.2. The molecule has 5 unspecified atom stereocenters. The lowest BCUT2D eigenvalue weighted by molar-refractivity contribution is -0.161. The number of carbonyl (C=O) groups is 4. The number of hydrogen-bond donors (Lipinski definition) is 3. The Morgan fingerprint density at radius 2 is 0.530 bits per heavy atom. The van der Waals surface area contributed by atoms with Gasteiger partial charge in [-0.05, 0) is 148 Å². The molecular formula is C81H138O17P2. The van der Waals surface area contributed by atoms with Gasteiger partial charge in [-0.2, -0.15) is 0 Å². The van der Waals surface area contributed by atoms with Crippen LogP contribution < -0.4 is 0 Å². The molecule has 0 amide bonds. The maximum Gasteiger partial charge on any atom is 0.472 e. The zero-order valence-electron chi connectivity index (χ0n) is 62.6. The molecule has 0 aromatic carbocycles. The Morgan fingerprint density at radius 1 is 0.290 bits per heavy atom. The molecule has 0 aliphatic rings. The molecular weight excluding hydrogens is 1310 g/mol. The Kier molecular flexibility index (Phi) is 69.5. The average Bonchev–Trinajstić information content (AvgIpc) is 1.02. The summed E-state index contributed by atoms with van der Waals surface area (Å²) >= 11 is 0. The number of phosphoric ester groups is 2. The summed E-state index contributed by atoms with van der Waals surface area (Å²) in [6, 6.07) is 0. The Morgan fingerprint density at radius 3 is 0.850 bits per heavy atom. The van der Waals surface area contributed by atoms with Crippen LogP contribution in [0.4, 0.5) is 0 Å². The van der Waals surface area contributed by atoms with Gasteiger partial charge < -0.3 is 33.8 Å². The summed E-state index contributed by atoms with van der Waals surface area (Å²) < 4.78 is 68.4. The van der Waals surface area contributed by atoms with E-state index >= 15 is 0 Å². The smallest absolute Gasteiger partial charge is 0.462 e. The molecule has 0 radical (unpaired) electrons. The van der Waals surface area contributed by atoms with Crippen molar-refractivity contribution in [2.45, 2.75) is 329 Å². The van der Waals surface area contributed by atoms with Gasteiger partial charge in [0.2, 0.25) is 0 Å². The van der Waals surface area contributed by atoms with E-state index in [0.29, 0.717) is 25.7 Å². The molecule has 100 heavy (non-hydrogen) atoms. The molecule has 19 heteroatoms. The molecule has 0 heterocycles. The summed E-state index contributed by atoms with van der Waals surface area (Å²) in [7, 11) is -9.97. The molecule has 0 aromatic heterocycles. The van der Waals surface area contributed by atoms with Gasteiger partial charge in [0.1, 0.15) is 19.3 Å². The van der Waals surface area contributed by atoms with Gasteiger partial charge in [-0.3, -0.25) is 37.3 Å². The molecule has 5 atom stereocenters. The lowest BCUT2D eigenvalue weighted by Gasteiger charge is -2.21. The zero-order valence-corrected chi connectivity index (χ0v) is 64.4. The number of phosphoric acid groups is 2. The first-order valence-electron chi connectivity index (χ1n) is 38.8. The highest BCUT2D eigenvalue weighted by Crippen LogP contribution is 2.45. The number of unbranched alkanes of at least 4 members (excludes halogenated alkanes) is 26. The quantitative estimate of drug-likeness (QED) is 0.0169. The minimum absolute atomic E-state index is 0.0747. The van der Waals surface area contributed by atoms with E-state index in [2.05, 4.69) is 149 Å². The standard InChI is InChI=1S/C81H138O17P2/c1-5-9-13-17-21-25-29-32-34-36-37-39-41-44-47-50-54-58-62-66-78(83)91-71-76(97-80(85)67-63-59-55-51-45-28-24-20-16-12-8-4)73-95-99(87,88)93-69-75(82)70-94-100(89,90)96-74-77(98-81(86)68-64-60-56-52-48-42-31-27-23-19-15-11-7-3)72-92-79(84)65-61-57-53-49-46-43-40-38-35-33-30-26-22-18-14-10-6-2/h9-10,13-14,20-22,24-27,31-35,37,39,44,47,75-77,82H,5-8,11-12,15-19,23,28-30,36,38,40-43,45-46,48-74H2,1-4H3,(H,87,88)(H,89,90)/b13-9-,14-10-,24-20-,25-21-,26-22-,31-27-,34-32-,35-33-,39-37-,47-44-. The Labute approximate surface area is 606 Å². The van der Waals surface area contributed by atoms with Crippen LogP contribution in [0, 0.1) is 0 Å². The number of aliphatic hydroxyl groups excluding tert-OH is 1. The van der Waals surface area contributed by atoms with Crippen LogP contribution in [-0.4, -0.2) is 96.7 Å². The molecule has 0 aliphatic carbocycles. The Balaban J connectivity index is 5.34. The maximum absolute atomic E-state index is 13.1. The predicted molar refractivity (Wildman–Crippen MR) is 408 cm³/mol. The summed E-state index contributed by atoms with van der Waals surface area (Å²) in [6.07, 6.45) is 79.0. The number of rotatable bonds is 72. The highest BCUT2D eigenvalue weighted by Gasteiger charge is 2.30. The molecule has 0 aliphatic heterocycles. The van der Waals surface area contributed by atoms with E-state index < -0.39 is 97.5 Å². The minimum Gasteiger partial charge on any atom is -0.462 e. The third-order valence-electron chi connectivity index (χ3n) is 15.9. The van der Waals surface area contributed by atoms with Crippen molar-refractivity contribution < 1.29 is 80.2 Å². The van der Waals surface area contributed by atoms with E-state index in [-0.39, 0.29) is 25.7 Å². The Hall–Kier alpha value is -4.54. The van der Waals surface area contributed by atoms with Gasteiger partial charge in [-0.15, -0.1) is 0 Å². The largest absolute Gasteiger partial charge is 0.472 e. The van der Waals surface area contributed by atoms with Crippen LogP contribution in [0.1, 0.15) is 310 Å². The van der Waals surface area contributed by atoms with Crippen LogP contribution in [-0.2, 0) is 65.4 Å². The molecule has 0 aromatic rings. The molecule has 0 saturated carbocycles. The van der Waals surface area contributed by atoms with Crippen molar-refractivity contribution in [3.8, 4) is 0 Å². The molecule has 0 bridgehead atoms. The molecule has 0 fully saturated rings. The number of allylic oxidation sites excluding steroid dienone is 20. The van der Waals surface area contributed by atoms with Crippen LogP contribution in [0.2, 0.25) is 0 Å². The molecule has 0 spiro atoms. The van der Waals surface area contributed by atoms with Crippen LogP contribution in [0.5, 0.6) is 0 Å². The number of ether oxygens (including phenoxy) is 4. The fourth-order valence-electron chi connectivity index (χ4n) is 10.0. The van der Waals surface area contributed by atoms with Gasteiger partial charge in [0.25, 0.3) is 0 Å². The van der Waals surface area contributed by atoms with Crippen molar-refractivity contribution in [2.75, 3.05) is 39.6 Å². The van der Waals surface area contributed by atoms with Crippen molar-refractivity contribution in [2.24, 2.45) is 0 Å². The fourth-order valence-corrected chi connectivity index (χ4v) is 11.6. The van der Waals surface area contributed by atoms with Crippen molar-refractivity contribution in [1.82, 2.24) is 0 Å². The monoisotopic (exact) mass is 1440 g/mol. The number of hydrogen-bond acceptors (Lipinski definition) is 15. The third kappa shape index (κ3) is 71.8. The van der Waals surface area contributed by atoms with Gasteiger partial charge >= 0.3 is 39.5 Å². The second-order valence-electron chi connectivity index (χ2n) is 25.5. The van der Waals surface area contributed by atoms with Gasteiger partial charge in [0.15, 0.2) is 12.2 Å². The van der Waals surface area contributed by atoms with E-state index in [9.17, 15) is 43.2 Å². The topological polar surface area (TPSA) is 237 Å². The summed E-state index contributed by atoms with van der Waals surface area (Å²) in [4.78, 5) is 72.9. The maximum atomic E-state index is 13.1. The van der Waals surface area contributed by atoms with Gasteiger partial charge in [0, 0.05) is 25.7 Å². The highest BCUT2D eigenvalue weighted by atomic mass is 31.2. The lowest BCUT2D eigenvalue weighted by Crippen LogP contribution is -2.30. The summed E-state index contributed by atoms with van der Waals surface area (Å²) in [5.74, 6) is -2.24. The van der Waals surface area contributed by atoms with Crippen molar-refractivity contribution in [3.05, 3.63) is 122 Å². The highest BCUT2D eigenvalue weighted by molar-refractivity contribution is 7.47. The first kappa shape index (κ1) is 95.5. The molecule has 574 valence electrons. The fraction of sp³-hybridized carbons (Fsp3) is 0.704.